The van der Waals surface area contributed by atoms with E-state index in [1.54, 1.807) is 11.8 Å². The Kier molecular flexibility index (Phi) is 3.88. The van der Waals surface area contributed by atoms with E-state index in [1.165, 1.54) is 0 Å². The fourth-order valence-corrected chi connectivity index (χ4v) is 1.57. The summed E-state index contributed by atoms with van der Waals surface area (Å²) in [7, 11) is 3.42. The monoisotopic (exact) mass is 222 g/mol. The Morgan fingerprint density at radius 3 is 2.56 bits per heavy atom. The van der Waals surface area contributed by atoms with Gasteiger partial charge in [-0.25, -0.2) is 4.68 Å². The van der Waals surface area contributed by atoms with Gasteiger partial charge < -0.3 is 4.74 Å². The first-order valence-corrected chi connectivity index (χ1v) is 5.25. The minimum absolute atomic E-state index is 0.196. The van der Waals surface area contributed by atoms with Gasteiger partial charge in [-0.2, -0.15) is 5.10 Å². The molecule has 4 nitrogen and oxygen atoms in total. The van der Waals surface area contributed by atoms with Gasteiger partial charge in [-0.3, -0.25) is 4.79 Å². The molecular formula is C12H18N2O2. The molecule has 1 aromatic heterocycles. The molecule has 1 heterocycles. The van der Waals surface area contributed by atoms with E-state index >= 15 is 0 Å². The van der Waals surface area contributed by atoms with Crippen LogP contribution in [0.5, 0.6) is 5.88 Å². The number of aryl methyl sites for hydroxylation is 2. The van der Waals surface area contributed by atoms with Crippen LogP contribution in [0.2, 0.25) is 0 Å². The molecule has 4 heteroatoms. The first kappa shape index (κ1) is 12.5. The van der Waals surface area contributed by atoms with Gasteiger partial charge in [0.1, 0.15) is 6.29 Å². The summed E-state index contributed by atoms with van der Waals surface area (Å²) in [6, 6.07) is 0. The van der Waals surface area contributed by atoms with Gasteiger partial charge in [0.2, 0.25) is 5.88 Å². The van der Waals surface area contributed by atoms with E-state index in [0.717, 1.165) is 23.1 Å². The van der Waals surface area contributed by atoms with Crippen LogP contribution in [0.3, 0.4) is 0 Å². The predicted molar refractivity (Wildman–Crippen MR) is 63.4 cm³/mol. The van der Waals surface area contributed by atoms with E-state index in [4.69, 9.17) is 4.74 Å². The summed E-state index contributed by atoms with van der Waals surface area (Å²) in [5.41, 5.74) is 2.48. The molecule has 0 aliphatic carbocycles. The van der Waals surface area contributed by atoms with Crippen LogP contribution in [-0.4, -0.2) is 23.2 Å². The van der Waals surface area contributed by atoms with E-state index in [0.29, 0.717) is 5.88 Å². The minimum Gasteiger partial charge on any atom is -0.481 e. The number of methoxy groups -OCH3 is 1. The van der Waals surface area contributed by atoms with E-state index < -0.39 is 0 Å². The molecule has 0 saturated carbocycles. The number of ether oxygens (including phenoxy) is 1. The Hall–Kier alpha value is -1.58. The highest BCUT2D eigenvalue weighted by atomic mass is 16.5. The van der Waals surface area contributed by atoms with Crippen molar-refractivity contribution in [1.82, 2.24) is 9.78 Å². The summed E-state index contributed by atoms with van der Waals surface area (Å²) < 4.78 is 6.93. The molecule has 0 radical (unpaired) electrons. The Morgan fingerprint density at radius 2 is 2.12 bits per heavy atom. The van der Waals surface area contributed by atoms with Gasteiger partial charge in [-0.1, -0.05) is 13.8 Å². The maximum Gasteiger partial charge on any atom is 0.218 e. The van der Waals surface area contributed by atoms with E-state index in [9.17, 15) is 4.79 Å². The van der Waals surface area contributed by atoms with E-state index in [-0.39, 0.29) is 5.92 Å². The number of aldehydes is 1. The van der Waals surface area contributed by atoms with Crippen LogP contribution in [-0.2, 0) is 11.8 Å². The molecule has 0 spiro atoms. The number of hydrogen-bond acceptors (Lipinski definition) is 3. The second-order valence-corrected chi connectivity index (χ2v) is 4.05. The van der Waals surface area contributed by atoms with Crippen molar-refractivity contribution >= 4 is 12.4 Å². The lowest BCUT2D eigenvalue weighted by Crippen LogP contribution is -1.97. The number of carbonyl (C=O) groups excluding carboxylic acids is 1. The highest BCUT2D eigenvalue weighted by Gasteiger charge is 2.13. The van der Waals surface area contributed by atoms with Gasteiger partial charge in [-0.15, -0.1) is 0 Å². The number of carbonyl (C=O) groups is 1. The lowest BCUT2D eigenvalue weighted by atomic mass is 10.0. The van der Waals surface area contributed by atoms with Gasteiger partial charge in [0.15, 0.2) is 0 Å². The second-order valence-electron chi connectivity index (χ2n) is 4.05. The Morgan fingerprint density at radius 1 is 1.50 bits per heavy atom. The maximum atomic E-state index is 10.9. The van der Waals surface area contributed by atoms with Crippen LogP contribution in [0.15, 0.2) is 5.57 Å². The van der Waals surface area contributed by atoms with Crippen molar-refractivity contribution in [3.05, 3.63) is 16.8 Å². The summed E-state index contributed by atoms with van der Waals surface area (Å²) in [4.78, 5) is 10.9. The SMILES string of the molecule is COc1c(/C=C(/C=O)C(C)C)c(C)nn1C. The van der Waals surface area contributed by atoms with Crippen LogP contribution in [0.1, 0.15) is 25.1 Å². The minimum atomic E-state index is 0.196. The normalized spacial score (nSPS) is 12.0. The zero-order valence-electron chi connectivity index (χ0n) is 10.4. The van der Waals surface area contributed by atoms with Crippen LogP contribution in [0.4, 0.5) is 0 Å². The van der Waals surface area contributed by atoms with Crippen LogP contribution in [0, 0.1) is 12.8 Å². The van der Waals surface area contributed by atoms with Crippen molar-refractivity contribution in [2.75, 3.05) is 7.11 Å². The highest BCUT2D eigenvalue weighted by molar-refractivity contribution is 5.83. The maximum absolute atomic E-state index is 10.9. The smallest absolute Gasteiger partial charge is 0.218 e. The molecule has 0 saturated heterocycles. The molecule has 0 aliphatic heterocycles. The summed E-state index contributed by atoms with van der Waals surface area (Å²) in [5.74, 6) is 0.874. The van der Waals surface area contributed by atoms with E-state index in [2.05, 4.69) is 5.10 Å². The molecule has 88 valence electrons. The third-order valence-corrected chi connectivity index (χ3v) is 2.52. The van der Waals surface area contributed by atoms with E-state index in [1.807, 2.05) is 33.9 Å². The van der Waals surface area contributed by atoms with Crippen molar-refractivity contribution < 1.29 is 9.53 Å². The van der Waals surface area contributed by atoms with Crippen molar-refractivity contribution in [2.45, 2.75) is 20.8 Å². The van der Waals surface area contributed by atoms with Crippen LogP contribution >= 0.6 is 0 Å². The lowest BCUT2D eigenvalue weighted by molar-refractivity contribution is -0.105. The first-order chi connectivity index (χ1) is 7.51. The zero-order chi connectivity index (χ0) is 12.3. The predicted octanol–water partition coefficient (Wildman–Crippen LogP) is 1.98. The van der Waals surface area contributed by atoms with Crippen molar-refractivity contribution in [3.8, 4) is 5.88 Å². The fourth-order valence-electron chi connectivity index (χ4n) is 1.57. The van der Waals surface area contributed by atoms with Gasteiger partial charge in [0.25, 0.3) is 0 Å². The molecule has 16 heavy (non-hydrogen) atoms. The molecule has 1 aromatic rings. The average Bonchev–Trinajstić information content (AvgIpc) is 2.48. The summed E-state index contributed by atoms with van der Waals surface area (Å²) in [5, 5.41) is 4.26. The zero-order valence-corrected chi connectivity index (χ0v) is 10.4. The third-order valence-electron chi connectivity index (χ3n) is 2.52. The number of nitrogens with zero attached hydrogens (tertiary/aromatic N) is 2. The average molecular weight is 222 g/mol. The molecule has 0 amide bonds. The molecule has 0 unspecified atom stereocenters. The standard InChI is InChI=1S/C12H18N2O2/c1-8(2)10(7-15)6-11-9(3)13-14(4)12(11)16-5/h6-8H,1-5H3/b10-6-. The quantitative estimate of drug-likeness (QED) is 0.578. The molecule has 0 N–H and O–H groups in total. The molecule has 0 aromatic carbocycles. The Bertz CT molecular complexity index is 417. The van der Waals surface area contributed by atoms with Crippen LogP contribution < -0.4 is 4.74 Å². The molecule has 0 aliphatic rings. The second kappa shape index (κ2) is 4.96. The lowest BCUT2D eigenvalue weighted by Gasteiger charge is -2.05. The third kappa shape index (κ3) is 2.32. The Balaban J connectivity index is 3.27. The highest BCUT2D eigenvalue weighted by Crippen LogP contribution is 2.25. The number of hydrogen-bond donors (Lipinski definition) is 0. The molecule has 0 fully saturated rings. The Labute approximate surface area is 95.9 Å². The van der Waals surface area contributed by atoms with Crippen LogP contribution in [0.25, 0.3) is 6.08 Å². The van der Waals surface area contributed by atoms with Gasteiger partial charge in [-0.05, 0) is 24.5 Å². The molecule has 0 bridgehead atoms. The largest absolute Gasteiger partial charge is 0.481 e. The van der Waals surface area contributed by atoms with Gasteiger partial charge >= 0.3 is 0 Å². The summed E-state index contributed by atoms with van der Waals surface area (Å²) >= 11 is 0. The number of allylic oxidation sites excluding steroid dienone is 1. The molecule has 0 atom stereocenters. The van der Waals surface area contributed by atoms with Crippen molar-refractivity contribution in [2.24, 2.45) is 13.0 Å². The molecular weight excluding hydrogens is 204 g/mol. The fraction of sp³-hybridized carbons (Fsp3) is 0.500. The topological polar surface area (TPSA) is 44.1 Å². The summed E-state index contributed by atoms with van der Waals surface area (Å²) in [6.07, 6.45) is 2.73. The first-order valence-electron chi connectivity index (χ1n) is 5.25. The number of rotatable bonds is 4. The molecule has 1 rings (SSSR count). The summed E-state index contributed by atoms with van der Waals surface area (Å²) in [6.45, 7) is 5.87. The van der Waals surface area contributed by atoms with Gasteiger partial charge in [0, 0.05) is 7.05 Å². The van der Waals surface area contributed by atoms with Crippen molar-refractivity contribution in [1.29, 1.82) is 0 Å². The number of aromatic nitrogens is 2. The van der Waals surface area contributed by atoms with Crippen molar-refractivity contribution in [3.63, 3.8) is 0 Å². The van der Waals surface area contributed by atoms with Gasteiger partial charge in [0.05, 0.1) is 18.4 Å².